The van der Waals surface area contributed by atoms with E-state index in [9.17, 15) is 13.2 Å². The summed E-state index contributed by atoms with van der Waals surface area (Å²) in [6.45, 7) is 2.29. The van der Waals surface area contributed by atoms with Gasteiger partial charge in [0.2, 0.25) is 0 Å². The lowest BCUT2D eigenvalue weighted by molar-refractivity contribution is 0.235. The van der Waals surface area contributed by atoms with Crippen molar-refractivity contribution >= 4 is 15.9 Å². The van der Waals surface area contributed by atoms with E-state index >= 15 is 0 Å². The molecule has 0 bridgehead atoms. The van der Waals surface area contributed by atoms with Crippen molar-refractivity contribution in [1.29, 1.82) is 0 Å². The zero-order valence-electron chi connectivity index (χ0n) is 11.5. The number of nitrogens with one attached hydrogen (secondary N) is 2. The summed E-state index contributed by atoms with van der Waals surface area (Å²) < 4.78 is 27.8. The molecule has 1 aliphatic heterocycles. The number of hydrogen-bond acceptors (Lipinski definition) is 4. The van der Waals surface area contributed by atoms with E-state index in [1.807, 2.05) is 19.1 Å². The minimum absolute atomic E-state index is 0.0335. The second kappa shape index (κ2) is 6.30. The van der Waals surface area contributed by atoms with Gasteiger partial charge in [0.25, 0.3) is 0 Å². The van der Waals surface area contributed by atoms with Gasteiger partial charge in [-0.15, -0.1) is 0 Å². The Morgan fingerprint density at radius 3 is 2.95 bits per heavy atom. The standard InChI is InChI=1S/C13H20N2O4S/c1-10(7-12-3-2-5-19-12)15-13(16)14-8-11-4-6-20(17,18)9-11/h2-3,5,10-11H,4,6-9H2,1H3,(H2,14,15,16). The molecule has 2 atom stereocenters. The minimum atomic E-state index is -2.88. The van der Waals surface area contributed by atoms with Crippen molar-refractivity contribution in [3.63, 3.8) is 0 Å². The Morgan fingerprint density at radius 2 is 2.35 bits per heavy atom. The summed E-state index contributed by atoms with van der Waals surface area (Å²) in [4.78, 5) is 11.7. The summed E-state index contributed by atoms with van der Waals surface area (Å²) >= 11 is 0. The van der Waals surface area contributed by atoms with Crippen molar-refractivity contribution in [2.75, 3.05) is 18.1 Å². The second-order valence-corrected chi connectivity index (χ2v) is 7.54. The van der Waals surface area contributed by atoms with Gasteiger partial charge in [0, 0.05) is 19.0 Å². The molecule has 2 N–H and O–H groups in total. The summed E-state index contributed by atoms with van der Waals surface area (Å²) in [5.41, 5.74) is 0. The Balaban J connectivity index is 1.68. The third kappa shape index (κ3) is 4.56. The number of rotatable bonds is 5. The number of hydrogen-bond donors (Lipinski definition) is 2. The molecule has 1 aromatic heterocycles. The van der Waals surface area contributed by atoms with Crippen LogP contribution in [0.2, 0.25) is 0 Å². The van der Waals surface area contributed by atoms with Crippen molar-refractivity contribution in [3.8, 4) is 0 Å². The highest BCUT2D eigenvalue weighted by Crippen LogP contribution is 2.17. The normalized spacial score (nSPS) is 22.4. The minimum Gasteiger partial charge on any atom is -0.469 e. The Hall–Kier alpha value is -1.50. The summed E-state index contributed by atoms with van der Waals surface area (Å²) in [6, 6.07) is 3.35. The molecule has 2 amide bonds. The molecule has 0 aliphatic carbocycles. The molecule has 1 aliphatic rings. The first kappa shape index (κ1) is 14.9. The Kier molecular flexibility index (Phi) is 4.69. The lowest BCUT2D eigenvalue weighted by atomic mass is 10.1. The van der Waals surface area contributed by atoms with E-state index in [2.05, 4.69) is 10.6 Å². The number of carbonyl (C=O) groups is 1. The fraction of sp³-hybridized carbons (Fsp3) is 0.615. The first-order valence-electron chi connectivity index (χ1n) is 6.72. The molecule has 2 unspecified atom stereocenters. The third-order valence-corrected chi connectivity index (χ3v) is 5.18. The molecule has 0 saturated carbocycles. The molecule has 0 aromatic carbocycles. The predicted octanol–water partition coefficient (Wildman–Crippen LogP) is 0.945. The molecule has 0 spiro atoms. The van der Waals surface area contributed by atoms with Crippen molar-refractivity contribution in [2.45, 2.75) is 25.8 Å². The third-order valence-electron chi connectivity index (χ3n) is 3.34. The number of urea groups is 1. The molecule has 2 heterocycles. The van der Waals surface area contributed by atoms with Gasteiger partial charge in [-0.25, -0.2) is 13.2 Å². The van der Waals surface area contributed by atoms with Crippen molar-refractivity contribution in [3.05, 3.63) is 24.2 Å². The van der Waals surface area contributed by atoms with E-state index in [0.717, 1.165) is 5.76 Å². The van der Waals surface area contributed by atoms with Crippen LogP contribution in [0, 0.1) is 5.92 Å². The average Bonchev–Trinajstić information content (AvgIpc) is 2.96. The van der Waals surface area contributed by atoms with Crippen LogP contribution >= 0.6 is 0 Å². The van der Waals surface area contributed by atoms with E-state index in [1.54, 1.807) is 6.26 Å². The zero-order valence-corrected chi connectivity index (χ0v) is 12.3. The van der Waals surface area contributed by atoms with E-state index in [4.69, 9.17) is 4.42 Å². The first-order chi connectivity index (χ1) is 9.44. The van der Waals surface area contributed by atoms with E-state index < -0.39 is 9.84 Å². The van der Waals surface area contributed by atoms with Crippen LogP contribution in [0.25, 0.3) is 0 Å². The number of sulfone groups is 1. The molecule has 1 fully saturated rings. The number of carbonyl (C=O) groups excluding carboxylic acids is 1. The highest BCUT2D eigenvalue weighted by Gasteiger charge is 2.27. The van der Waals surface area contributed by atoms with Gasteiger partial charge in [0.1, 0.15) is 5.76 Å². The van der Waals surface area contributed by atoms with Gasteiger partial charge >= 0.3 is 6.03 Å². The molecular weight excluding hydrogens is 280 g/mol. The quantitative estimate of drug-likeness (QED) is 0.847. The van der Waals surface area contributed by atoms with Crippen molar-refractivity contribution in [2.24, 2.45) is 5.92 Å². The number of furan rings is 1. The van der Waals surface area contributed by atoms with Gasteiger partial charge in [-0.3, -0.25) is 0 Å². The average molecular weight is 300 g/mol. The Labute approximate surface area is 118 Å². The first-order valence-corrected chi connectivity index (χ1v) is 8.54. The lowest BCUT2D eigenvalue weighted by Crippen LogP contribution is -2.43. The van der Waals surface area contributed by atoms with Gasteiger partial charge in [0.15, 0.2) is 9.84 Å². The molecule has 2 rings (SSSR count). The molecule has 7 heteroatoms. The molecule has 0 radical (unpaired) electrons. The van der Waals surface area contributed by atoms with Gasteiger partial charge < -0.3 is 15.1 Å². The smallest absolute Gasteiger partial charge is 0.315 e. The van der Waals surface area contributed by atoms with Crippen LogP contribution in [0.4, 0.5) is 4.79 Å². The fourth-order valence-electron chi connectivity index (χ4n) is 2.33. The molecule has 1 aromatic rings. The van der Waals surface area contributed by atoms with Gasteiger partial charge in [-0.1, -0.05) is 0 Å². The van der Waals surface area contributed by atoms with Crippen LogP contribution in [0.5, 0.6) is 0 Å². The maximum atomic E-state index is 11.7. The van der Waals surface area contributed by atoms with Gasteiger partial charge in [-0.2, -0.15) is 0 Å². The number of amides is 2. The summed E-state index contributed by atoms with van der Waals surface area (Å²) in [5, 5.41) is 5.53. The van der Waals surface area contributed by atoms with Crippen LogP contribution in [0.3, 0.4) is 0 Å². The molecule has 1 saturated heterocycles. The fourth-order valence-corrected chi connectivity index (χ4v) is 4.19. The van der Waals surface area contributed by atoms with Crippen LogP contribution in [-0.2, 0) is 16.3 Å². The van der Waals surface area contributed by atoms with E-state index in [1.165, 1.54) is 0 Å². The van der Waals surface area contributed by atoms with Crippen LogP contribution in [0.15, 0.2) is 22.8 Å². The molecular formula is C13H20N2O4S. The van der Waals surface area contributed by atoms with Crippen LogP contribution in [0.1, 0.15) is 19.1 Å². The van der Waals surface area contributed by atoms with E-state index in [0.29, 0.717) is 19.4 Å². The summed E-state index contributed by atoms with van der Waals surface area (Å²) in [5.74, 6) is 1.26. The van der Waals surface area contributed by atoms with E-state index in [-0.39, 0.29) is 29.5 Å². The Bertz CT molecular complexity index is 539. The highest BCUT2D eigenvalue weighted by atomic mass is 32.2. The molecule has 112 valence electrons. The predicted molar refractivity (Wildman–Crippen MR) is 75.2 cm³/mol. The molecule has 20 heavy (non-hydrogen) atoms. The lowest BCUT2D eigenvalue weighted by Gasteiger charge is -2.15. The van der Waals surface area contributed by atoms with Crippen molar-refractivity contribution in [1.82, 2.24) is 10.6 Å². The Morgan fingerprint density at radius 1 is 1.55 bits per heavy atom. The maximum Gasteiger partial charge on any atom is 0.315 e. The zero-order chi connectivity index (χ0) is 14.6. The van der Waals surface area contributed by atoms with Crippen LogP contribution in [-0.4, -0.2) is 38.5 Å². The topological polar surface area (TPSA) is 88.4 Å². The second-order valence-electron chi connectivity index (χ2n) is 5.31. The largest absolute Gasteiger partial charge is 0.469 e. The van der Waals surface area contributed by atoms with Crippen molar-refractivity contribution < 1.29 is 17.6 Å². The maximum absolute atomic E-state index is 11.7. The van der Waals surface area contributed by atoms with Gasteiger partial charge in [-0.05, 0) is 31.4 Å². The summed E-state index contributed by atoms with van der Waals surface area (Å²) in [6.07, 6.45) is 2.85. The highest BCUT2D eigenvalue weighted by molar-refractivity contribution is 7.91. The van der Waals surface area contributed by atoms with Crippen LogP contribution < -0.4 is 10.6 Å². The summed E-state index contributed by atoms with van der Waals surface area (Å²) in [7, 11) is -2.88. The molecule has 6 nitrogen and oxygen atoms in total. The monoisotopic (exact) mass is 300 g/mol. The SMILES string of the molecule is CC(Cc1ccco1)NC(=O)NCC1CCS(=O)(=O)C1. The van der Waals surface area contributed by atoms with Gasteiger partial charge in [0.05, 0.1) is 17.8 Å².